The highest BCUT2D eigenvalue weighted by atomic mass is 16.3. The number of carbonyl (C=O) groups excluding carboxylic acids is 2. The van der Waals surface area contributed by atoms with E-state index in [1.807, 2.05) is 56.3 Å². The van der Waals surface area contributed by atoms with E-state index in [2.05, 4.69) is 6.07 Å². The molecule has 168 valence electrons. The van der Waals surface area contributed by atoms with Crippen molar-refractivity contribution in [3.63, 3.8) is 0 Å². The molecule has 33 heavy (non-hydrogen) atoms. The highest BCUT2D eigenvalue weighted by molar-refractivity contribution is 6.10. The summed E-state index contributed by atoms with van der Waals surface area (Å²) in [7, 11) is 0. The maximum absolute atomic E-state index is 13.6. The molecule has 0 aromatic heterocycles. The number of benzene rings is 3. The van der Waals surface area contributed by atoms with Crippen LogP contribution >= 0.6 is 0 Å². The average molecular weight is 440 g/mol. The lowest BCUT2D eigenvalue weighted by Gasteiger charge is -2.24. The predicted octanol–water partition coefficient (Wildman–Crippen LogP) is 5.19. The first-order valence-electron chi connectivity index (χ1n) is 11.7. The van der Waals surface area contributed by atoms with Crippen LogP contribution in [-0.4, -0.2) is 16.8 Å². The van der Waals surface area contributed by atoms with E-state index in [4.69, 9.17) is 0 Å². The summed E-state index contributed by atoms with van der Waals surface area (Å²) in [6.45, 7) is 4.43. The van der Waals surface area contributed by atoms with Crippen molar-refractivity contribution in [1.82, 2.24) is 0 Å². The second-order valence-corrected chi connectivity index (χ2v) is 9.49. The minimum absolute atomic E-state index is 0.206. The van der Waals surface area contributed by atoms with Crippen molar-refractivity contribution in [3.8, 4) is 0 Å². The predicted molar refractivity (Wildman–Crippen MR) is 129 cm³/mol. The molecule has 1 unspecified atom stereocenters. The Bertz CT molecular complexity index is 1260. The number of fused-ring (bicyclic) bond motifs is 2. The SMILES string of the molecule is Cc1ccc(CN2C(=O)C(O)(CC(=O)c3ccc4c(c3)CCCC4)c3ccccc32)c(C)c1. The number of amides is 1. The molecule has 1 heterocycles. The Morgan fingerprint density at radius 2 is 1.73 bits per heavy atom. The normalized spacial score (nSPS) is 19.4. The van der Waals surface area contributed by atoms with E-state index in [0.29, 0.717) is 23.4 Å². The number of ketones is 1. The molecule has 1 aliphatic carbocycles. The van der Waals surface area contributed by atoms with Crippen LogP contribution in [0.3, 0.4) is 0 Å². The number of anilines is 1. The molecule has 4 heteroatoms. The Morgan fingerprint density at radius 1 is 0.970 bits per heavy atom. The number of hydrogen-bond donors (Lipinski definition) is 1. The van der Waals surface area contributed by atoms with Crippen LogP contribution in [0.1, 0.15) is 63.0 Å². The number of hydrogen-bond acceptors (Lipinski definition) is 3. The van der Waals surface area contributed by atoms with Gasteiger partial charge in [-0.05, 0) is 73.9 Å². The van der Waals surface area contributed by atoms with E-state index < -0.39 is 11.5 Å². The molecule has 0 bridgehead atoms. The molecule has 1 amide bonds. The van der Waals surface area contributed by atoms with Gasteiger partial charge in [-0.1, -0.05) is 54.1 Å². The minimum atomic E-state index is -1.86. The smallest absolute Gasteiger partial charge is 0.264 e. The Balaban J connectivity index is 1.46. The zero-order valence-electron chi connectivity index (χ0n) is 19.2. The highest BCUT2D eigenvalue weighted by Gasteiger charge is 2.50. The third kappa shape index (κ3) is 3.79. The summed E-state index contributed by atoms with van der Waals surface area (Å²) in [4.78, 5) is 28.5. The van der Waals surface area contributed by atoms with E-state index in [1.165, 1.54) is 17.5 Å². The van der Waals surface area contributed by atoms with Gasteiger partial charge in [-0.15, -0.1) is 0 Å². The molecule has 0 spiro atoms. The fourth-order valence-electron chi connectivity index (χ4n) is 5.27. The van der Waals surface area contributed by atoms with E-state index >= 15 is 0 Å². The van der Waals surface area contributed by atoms with Crippen LogP contribution in [0.5, 0.6) is 0 Å². The first kappa shape index (κ1) is 21.6. The number of Topliss-reactive ketones (excluding diaryl/α,β-unsaturated/α-hetero) is 1. The van der Waals surface area contributed by atoms with Crippen LogP contribution in [0.15, 0.2) is 60.7 Å². The second kappa shape index (κ2) is 8.27. The summed E-state index contributed by atoms with van der Waals surface area (Å²) in [5.74, 6) is -0.641. The fraction of sp³-hybridized carbons (Fsp3) is 0.310. The van der Waals surface area contributed by atoms with Crippen molar-refractivity contribution in [1.29, 1.82) is 0 Å². The lowest BCUT2D eigenvalue weighted by molar-refractivity contribution is -0.136. The molecule has 0 saturated heterocycles. The van der Waals surface area contributed by atoms with Crippen LogP contribution in [0.25, 0.3) is 0 Å². The van der Waals surface area contributed by atoms with Gasteiger partial charge in [-0.3, -0.25) is 9.59 Å². The van der Waals surface area contributed by atoms with Gasteiger partial charge in [0.15, 0.2) is 11.4 Å². The van der Waals surface area contributed by atoms with Crippen molar-refractivity contribution in [2.24, 2.45) is 0 Å². The Labute approximate surface area is 194 Å². The van der Waals surface area contributed by atoms with Crippen molar-refractivity contribution < 1.29 is 14.7 Å². The zero-order valence-corrected chi connectivity index (χ0v) is 19.2. The van der Waals surface area contributed by atoms with Crippen molar-refractivity contribution in [2.45, 2.75) is 58.1 Å². The molecule has 4 nitrogen and oxygen atoms in total. The van der Waals surface area contributed by atoms with Gasteiger partial charge in [0.25, 0.3) is 5.91 Å². The maximum Gasteiger partial charge on any atom is 0.264 e. The number of aryl methyl sites for hydroxylation is 4. The lowest BCUT2D eigenvalue weighted by atomic mass is 9.85. The summed E-state index contributed by atoms with van der Waals surface area (Å²) in [5, 5.41) is 11.6. The Kier molecular flexibility index (Phi) is 5.41. The number of para-hydroxylation sites is 1. The molecular weight excluding hydrogens is 410 g/mol. The average Bonchev–Trinajstić information content (AvgIpc) is 3.02. The highest BCUT2D eigenvalue weighted by Crippen LogP contribution is 2.43. The van der Waals surface area contributed by atoms with Crippen molar-refractivity contribution in [3.05, 3.63) is 99.6 Å². The van der Waals surface area contributed by atoms with Crippen LogP contribution in [0.2, 0.25) is 0 Å². The maximum atomic E-state index is 13.6. The monoisotopic (exact) mass is 439 g/mol. The summed E-state index contributed by atoms with van der Waals surface area (Å²) < 4.78 is 0. The summed E-state index contributed by atoms with van der Waals surface area (Å²) in [5.41, 5.74) is 5.69. The topological polar surface area (TPSA) is 57.6 Å². The van der Waals surface area contributed by atoms with Gasteiger partial charge in [0.2, 0.25) is 0 Å². The van der Waals surface area contributed by atoms with E-state index in [-0.39, 0.29) is 12.2 Å². The van der Waals surface area contributed by atoms with Crippen molar-refractivity contribution >= 4 is 17.4 Å². The van der Waals surface area contributed by atoms with E-state index in [1.54, 1.807) is 17.0 Å². The van der Waals surface area contributed by atoms with E-state index in [0.717, 1.165) is 36.0 Å². The van der Waals surface area contributed by atoms with Crippen LogP contribution < -0.4 is 4.90 Å². The van der Waals surface area contributed by atoms with Gasteiger partial charge in [0.05, 0.1) is 18.7 Å². The van der Waals surface area contributed by atoms with E-state index in [9.17, 15) is 14.7 Å². The van der Waals surface area contributed by atoms with Crippen LogP contribution in [0, 0.1) is 13.8 Å². The molecule has 3 aromatic carbocycles. The van der Waals surface area contributed by atoms with Gasteiger partial charge >= 0.3 is 0 Å². The number of aliphatic hydroxyl groups is 1. The third-order valence-corrected chi connectivity index (χ3v) is 7.15. The zero-order chi connectivity index (χ0) is 23.2. The van der Waals surface area contributed by atoms with Gasteiger partial charge < -0.3 is 10.0 Å². The molecular formula is C29H29NO3. The molecule has 0 radical (unpaired) electrons. The summed E-state index contributed by atoms with van der Waals surface area (Å²) in [6.07, 6.45) is 4.08. The van der Waals surface area contributed by atoms with Crippen LogP contribution in [0.4, 0.5) is 5.69 Å². The Morgan fingerprint density at radius 3 is 2.52 bits per heavy atom. The standard InChI is InChI=1S/C29H29NO3/c1-19-11-12-24(20(2)15-19)18-30-26-10-6-5-9-25(26)29(33,28(30)32)17-27(31)23-14-13-21-7-3-4-8-22(21)16-23/h5-6,9-16,33H,3-4,7-8,17-18H2,1-2H3. The van der Waals surface area contributed by atoms with Crippen LogP contribution in [-0.2, 0) is 29.8 Å². The number of nitrogens with zero attached hydrogens (tertiary/aromatic N) is 1. The first-order valence-corrected chi connectivity index (χ1v) is 11.7. The van der Waals surface area contributed by atoms with Gasteiger partial charge in [-0.2, -0.15) is 0 Å². The molecule has 3 aromatic rings. The van der Waals surface area contributed by atoms with Gasteiger partial charge in [-0.25, -0.2) is 0 Å². The quantitative estimate of drug-likeness (QED) is 0.557. The van der Waals surface area contributed by atoms with Crippen molar-refractivity contribution in [2.75, 3.05) is 4.90 Å². The second-order valence-electron chi connectivity index (χ2n) is 9.49. The van der Waals surface area contributed by atoms with Gasteiger partial charge in [0.1, 0.15) is 0 Å². The van der Waals surface area contributed by atoms with Gasteiger partial charge in [0, 0.05) is 11.1 Å². The number of carbonyl (C=O) groups is 2. The first-order chi connectivity index (χ1) is 15.9. The summed E-state index contributed by atoms with van der Waals surface area (Å²) >= 11 is 0. The molecule has 2 aliphatic rings. The molecule has 1 atom stereocenters. The molecule has 1 aliphatic heterocycles. The molecule has 0 fully saturated rings. The molecule has 0 saturated carbocycles. The summed E-state index contributed by atoms with van der Waals surface area (Å²) in [6, 6.07) is 19.2. The largest absolute Gasteiger partial charge is 0.375 e. The molecule has 5 rings (SSSR count). The number of rotatable bonds is 5. The minimum Gasteiger partial charge on any atom is -0.375 e. The lowest BCUT2D eigenvalue weighted by Crippen LogP contribution is -2.41. The molecule has 1 N–H and O–H groups in total. The fourth-order valence-corrected chi connectivity index (χ4v) is 5.27. The third-order valence-electron chi connectivity index (χ3n) is 7.15. The Hall–Kier alpha value is -3.24.